The first-order valence-electron chi connectivity index (χ1n) is 9.48. The highest BCUT2D eigenvalue weighted by Crippen LogP contribution is 2.24. The van der Waals surface area contributed by atoms with E-state index in [-0.39, 0.29) is 10.5 Å². The second-order valence-electron chi connectivity index (χ2n) is 7.32. The molecule has 146 valence electrons. The van der Waals surface area contributed by atoms with Crippen LogP contribution < -0.4 is 5.32 Å². The van der Waals surface area contributed by atoms with Gasteiger partial charge in [-0.25, -0.2) is 8.42 Å². The summed E-state index contributed by atoms with van der Waals surface area (Å²) < 4.78 is 27.3. The van der Waals surface area contributed by atoms with E-state index in [4.69, 9.17) is 12.2 Å². The van der Waals surface area contributed by atoms with Gasteiger partial charge < -0.3 is 10.2 Å². The van der Waals surface area contributed by atoms with E-state index in [2.05, 4.69) is 17.1 Å². The highest BCUT2D eigenvalue weighted by molar-refractivity contribution is 7.89. The topological polar surface area (TPSA) is 76.4 Å². The molecule has 0 aromatic heterocycles. The maximum atomic E-state index is 12.9. The summed E-state index contributed by atoms with van der Waals surface area (Å²) in [7, 11) is -3.67. The molecule has 1 aliphatic carbocycles. The van der Waals surface area contributed by atoms with Crippen molar-refractivity contribution in [2.24, 2.45) is 5.92 Å². The van der Waals surface area contributed by atoms with Gasteiger partial charge in [0.05, 0.1) is 10.5 Å². The van der Waals surface area contributed by atoms with Gasteiger partial charge in [0, 0.05) is 32.2 Å². The quantitative estimate of drug-likeness (QED) is 0.777. The van der Waals surface area contributed by atoms with E-state index in [9.17, 15) is 13.7 Å². The van der Waals surface area contributed by atoms with E-state index in [0.717, 1.165) is 11.5 Å². The summed E-state index contributed by atoms with van der Waals surface area (Å²) in [6.45, 7) is 4.10. The van der Waals surface area contributed by atoms with Gasteiger partial charge in [0.2, 0.25) is 10.0 Å². The Labute approximate surface area is 167 Å². The Kier molecular flexibility index (Phi) is 6.35. The molecule has 8 heteroatoms. The molecule has 2 fully saturated rings. The number of nitrogens with one attached hydrogen (secondary N) is 1. The van der Waals surface area contributed by atoms with Gasteiger partial charge in [0.1, 0.15) is 6.07 Å². The van der Waals surface area contributed by atoms with Crippen molar-refractivity contribution in [3.8, 4) is 6.07 Å². The third kappa shape index (κ3) is 4.42. The molecule has 1 aliphatic heterocycles. The van der Waals surface area contributed by atoms with Gasteiger partial charge in [0.25, 0.3) is 0 Å². The maximum absolute atomic E-state index is 12.9. The van der Waals surface area contributed by atoms with Crippen molar-refractivity contribution in [3.05, 3.63) is 29.8 Å². The number of hydrogen-bond donors (Lipinski definition) is 1. The molecule has 1 aromatic rings. The molecule has 6 nitrogen and oxygen atoms in total. The molecular formula is C19H26N4O2S2. The minimum Gasteiger partial charge on any atom is -0.360 e. The Morgan fingerprint density at radius 2 is 1.85 bits per heavy atom. The third-order valence-electron chi connectivity index (χ3n) is 5.57. The van der Waals surface area contributed by atoms with Crippen LogP contribution in [0.3, 0.4) is 0 Å². The van der Waals surface area contributed by atoms with Gasteiger partial charge in [0.15, 0.2) is 5.11 Å². The lowest BCUT2D eigenvalue weighted by atomic mass is 9.86. The van der Waals surface area contributed by atoms with Crippen molar-refractivity contribution in [2.45, 2.75) is 43.5 Å². The maximum Gasteiger partial charge on any atom is 0.244 e. The Bertz CT molecular complexity index is 826. The molecule has 2 aliphatic rings. The van der Waals surface area contributed by atoms with Gasteiger partial charge in [-0.1, -0.05) is 31.9 Å². The molecule has 1 aromatic carbocycles. The highest BCUT2D eigenvalue weighted by Gasteiger charge is 2.31. The summed E-state index contributed by atoms with van der Waals surface area (Å²) in [6.07, 6.45) is 4.88. The minimum absolute atomic E-state index is 0.0812. The van der Waals surface area contributed by atoms with E-state index >= 15 is 0 Å². The monoisotopic (exact) mass is 406 g/mol. The first kappa shape index (κ1) is 20.1. The zero-order valence-electron chi connectivity index (χ0n) is 15.6. The van der Waals surface area contributed by atoms with Gasteiger partial charge in [-0.2, -0.15) is 9.57 Å². The zero-order chi connectivity index (χ0) is 19.4. The standard InChI is InChI=1S/C19H26N4O2S2/c1-15-6-2-4-8-17(15)21-19(26)22-10-12-23(13-11-22)27(24,25)18-9-5-3-7-16(18)14-20/h3,5,7,9,15,17H,2,4,6,8,10-13H2,1H3,(H,21,26)/t15-,17-/m0/s1. The number of hydrogen-bond acceptors (Lipinski definition) is 4. The molecule has 27 heavy (non-hydrogen) atoms. The highest BCUT2D eigenvalue weighted by atomic mass is 32.2. The lowest BCUT2D eigenvalue weighted by Crippen LogP contribution is -2.55. The van der Waals surface area contributed by atoms with Gasteiger partial charge in [-0.05, 0) is 43.1 Å². The van der Waals surface area contributed by atoms with Crippen LogP contribution in [0.5, 0.6) is 0 Å². The number of sulfonamides is 1. The van der Waals surface area contributed by atoms with E-state index in [1.807, 2.05) is 6.07 Å². The number of nitrogens with zero attached hydrogens (tertiary/aromatic N) is 3. The van der Waals surface area contributed by atoms with Crippen LogP contribution in [-0.2, 0) is 10.0 Å². The van der Waals surface area contributed by atoms with E-state index in [1.54, 1.807) is 12.1 Å². The molecular weight excluding hydrogens is 380 g/mol. The molecule has 0 unspecified atom stereocenters. The largest absolute Gasteiger partial charge is 0.360 e. The SMILES string of the molecule is C[C@H]1CCCC[C@@H]1NC(=S)N1CCN(S(=O)(=O)c2ccccc2C#N)CC1. The van der Waals surface area contributed by atoms with Crippen molar-refractivity contribution in [2.75, 3.05) is 26.2 Å². The molecule has 1 saturated carbocycles. The van der Waals surface area contributed by atoms with Crippen LogP contribution in [0, 0.1) is 17.2 Å². The molecule has 1 N–H and O–H groups in total. The first-order chi connectivity index (χ1) is 12.9. The van der Waals surface area contributed by atoms with Crippen LogP contribution in [0.25, 0.3) is 0 Å². The normalized spacial score (nSPS) is 24.2. The predicted molar refractivity (Wildman–Crippen MR) is 109 cm³/mol. The fraction of sp³-hybridized carbons (Fsp3) is 0.579. The molecule has 3 rings (SSSR count). The van der Waals surface area contributed by atoms with Crippen molar-refractivity contribution in [1.82, 2.24) is 14.5 Å². The minimum atomic E-state index is -3.67. The number of nitriles is 1. The van der Waals surface area contributed by atoms with E-state index in [0.29, 0.717) is 38.1 Å². The Morgan fingerprint density at radius 1 is 1.19 bits per heavy atom. The zero-order valence-corrected chi connectivity index (χ0v) is 17.2. The third-order valence-corrected chi connectivity index (χ3v) is 7.90. The number of benzene rings is 1. The number of rotatable bonds is 3. The van der Waals surface area contributed by atoms with Crippen LogP contribution >= 0.6 is 12.2 Å². The summed E-state index contributed by atoms with van der Waals surface area (Å²) in [5, 5.41) is 13.4. The van der Waals surface area contributed by atoms with Gasteiger partial charge in [-0.3, -0.25) is 0 Å². The van der Waals surface area contributed by atoms with Crippen LogP contribution in [0.15, 0.2) is 29.2 Å². The van der Waals surface area contributed by atoms with Gasteiger partial charge >= 0.3 is 0 Å². The molecule has 1 heterocycles. The second kappa shape index (κ2) is 8.55. The summed E-state index contributed by atoms with van der Waals surface area (Å²) >= 11 is 5.58. The van der Waals surface area contributed by atoms with Crippen molar-refractivity contribution < 1.29 is 8.42 Å². The summed E-state index contributed by atoms with van der Waals surface area (Å²) in [5.74, 6) is 0.612. The number of piperazine rings is 1. The van der Waals surface area contributed by atoms with Gasteiger partial charge in [-0.15, -0.1) is 0 Å². The fourth-order valence-electron chi connectivity index (χ4n) is 3.84. The lowest BCUT2D eigenvalue weighted by molar-refractivity contribution is 0.251. The van der Waals surface area contributed by atoms with Crippen molar-refractivity contribution in [1.29, 1.82) is 5.26 Å². The predicted octanol–water partition coefficient (Wildman–Crippen LogP) is 2.32. The first-order valence-corrected chi connectivity index (χ1v) is 11.3. The van der Waals surface area contributed by atoms with Crippen LogP contribution in [0.1, 0.15) is 38.2 Å². The van der Waals surface area contributed by atoms with Crippen LogP contribution in [0.2, 0.25) is 0 Å². The van der Waals surface area contributed by atoms with Crippen molar-refractivity contribution in [3.63, 3.8) is 0 Å². The molecule has 0 bridgehead atoms. The van der Waals surface area contributed by atoms with E-state index < -0.39 is 10.0 Å². The average molecular weight is 407 g/mol. The lowest BCUT2D eigenvalue weighted by Gasteiger charge is -2.38. The molecule has 0 radical (unpaired) electrons. The summed E-state index contributed by atoms with van der Waals surface area (Å²) in [4.78, 5) is 2.14. The average Bonchev–Trinajstić information content (AvgIpc) is 2.69. The van der Waals surface area contributed by atoms with Crippen molar-refractivity contribution >= 4 is 27.4 Å². The molecule has 0 amide bonds. The Hall–Kier alpha value is -1.69. The molecule has 2 atom stereocenters. The fourth-order valence-corrected chi connectivity index (χ4v) is 5.73. The second-order valence-corrected chi connectivity index (χ2v) is 9.61. The molecule has 1 saturated heterocycles. The van der Waals surface area contributed by atoms with Crippen LogP contribution in [-0.4, -0.2) is 55.0 Å². The number of thiocarbonyl (C=S) groups is 1. The summed E-state index contributed by atoms with van der Waals surface area (Å²) in [6, 6.07) is 8.73. The summed E-state index contributed by atoms with van der Waals surface area (Å²) in [5.41, 5.74) is 0.184. The van der Waals surface area contributed by atoms with E-state index in [1.165, 1.54) is 35.7 Å². The Balaban J connectivity index is 1.61. The molecule has 0 spiro atoms. The van der Waals surface area contributed by atoms with Crippen LogP contribution in [0.4, 0.5) is 0 Å². The smallest absolute Gasteiger partial charge is 0.244 e. The Morgan fingerprint density at radius 3 is 2.52 bits per heavy atom.